The highest BCUT2D eigenvalue weighted by molar-refractivity contribution is 7.99. The Bertz CT molecular complexity index is 546. The number of benzene rings is 1. The van der Waals surface area contributed by atoms with Crippen LogP contribution in [-0.4, -0.2) is 28.3 Å². The van der Waals surface area contributed by atoms with E-state index in [4.69, 9.17) is 0 Å². The summed E-state index contributed by atoms with van der Waals surface area (Å²) in [5, 5.41) is 4.88. The Morgan fingerprint density at radius 2 is 1.81 bits per heavy atom. The van der Waals surface area contributed by atoms with Crippen LogP contribution in [-0.2, 0) is 0 Å². The summed E-state index contributed by atoms with van der Waals surface area (Å²) in [7, 11) is 2.06. The average molecular weight is 299 g/mol. The molecule has 3 unspecified atom stereocenters. The molecule has 21 heavy (non-hydrogen) atoms. The fourth-order valence-electron chi connectivity index (χ4n) is 3.10. The Hall–Kier alpha value is -1.39. The van der Waals surface area contributed by atoms with Crippen LogP contribution in [0.1, 0.15) is 30.7 Å². The number of nitrogens with zero attached hydrogens (tertiary/aromatic N) is 2. The molecule has 1 aliphatic rings. The predicted molar refractivity (Wildman–Crippen MR) is 87.6 cm³/mol. The summed E-state index contributed by atoms with van der Waals surface area (Å²) in [6, 6.07) is 13.3. The van der Waals surface area contributed by atoms with Crippen LogP contribution in [0.3, 0.4) is 0 Å². The van der Waals surface area contributed by atoms with Crippen LogP contribution in [0, 0.1) is 0 Å². The van der Waals surface area contributed by atoms with E-state index in [2.05, 4.69) is 52.7 Å². The van der Waals surface area contributed by atoms with Crippen molar-refractivity contribution in [3.05, 3.63) is 54.4 Å². The highest BCUT2D eigenvalue weighted by Gasteiger charge is 2.31. The molecule has 0 saturated heterocycles. The molecule has 1 saturated carbocycles. The normalized spacial score (nSPS) is 25.7. The average Bonchev–Trinajstić information content (AvgIpc) is 2.56. The molecule has 1 aromatic heterocycles. The minimum atomic E-state index is 0.524. The maximum Gasteiger partial charge on any atom is 0.187 e. The molecule has 0 bridgehead atoms. The Labute approximate surface area is 130 Å². The van der Waals surface area contributed by atoms with Gasteiger partial charge in [-0.3, -0.25) is 0 Å². The third kappa shape index (κ3) is 3.63. The van der Waals surface area contributed by atoms with Crippen molar-refractivity contribution < 1.29 is 0 Å². The lowest BCUT2D eigenvalue weighted by atomic mass is 9.81. The second-order valence-electron chi connectivity index (χ2n) is 5.50. The van der Waals surface area contributed by atoms with Crippen molar-refractivity contribution in [1.29, 1.82) is 0 Å². The molecule has 0 radical (unpaired) electrons. The first-order chi connectivity index (χ1) is 10.4. The second kappa shape index (κ2) is 7.05. The summed E-state index contributed by atoms with van der Waals surface area (Å²) < 4.78 is 0. The Kier molecular flexibility index (Phi) is 4.88. The molecule has 1 fully saturated rings. The molecule has 3 atom stereocenters. The van der Waals surface area contributed by atoms with E-state index in [1.807, 2.05) is 30.2 Å². The summed E-state index contributed by atoms with van der Waals surface area (Å²) in [4.78, 5) is 8.73. The van der Waals surface area contributed by atoms with Gasteiger partial charge in [-0.05, 0) is 43.9 Å². The molecule has 3 rings (SSSR count). The van der Waals surface area contributed by atoms with E-state index >= 15 is 0 Å². The van der Waals surface area contributed by atoms with Crippen LogP contribution in [0.4, 0.5) is 0 Å². The minimum Gasteiger partial charge on any atom is -0.316 e. The van der Waals surface area contributed by atoms with E-state index in [0.29, 0.717) is 17.2 Å². The molecule has 1 N–H and O–H groups in total. The highest BCUT2D eigenvalue weighted by Crippen LogP contribution is 2.39. The topological polar surface area (TPSA) is 37.8 Å². The second-order valence-corrected chi connectivity index (χ2v) is 6.71. The van der Waals surface area contributed by atoms with Crippen LogP contribution in [0.25, 0.3) is 0 Å². The fourth-order valence-corrected chi connectivity index (χ4v) is 4.38. The van der Waals surface area contributed by atoms with Crippen LogP contribution in [0.2, 0.25) is 0 Å². The fraction of sp³-hybridized carbons (Fsp3) is 0.412. The Morgan fingerprint density at radius 1 is 1.05 bits per heavy atom. The first kappa shape index (κ1) is 14.5. The van der Waals surface area contributed by atoms with E-state index in [0.717, 1.165) is 5.16 Å². The summed E-state index contributed by atoms with van der Waals surface area (Å²) in [6.07, 6.45) is 7.28. The van der Waals surface area contributed by atoms with E-state index in [-0.39, 0.29) is 0 Å². The van der Waals surface area contributed by atoms with Gasteiger partial charge in [0.15, 0.2) is 5.16 Å². The zero-order chi connectivity index (χ0) is 14.5. The number of aromatic nitrogens is 2. The van der Waals surface area contributed by atoms with Crippen molar-refractivity contribution in [2.24, 2.45) is 0 Å². The third-order valence-electron chi connectivity index (χ3n) is 4.23. The van der Waals surface area contributed by atoms with E-state index in [1.54, 1.807) is 0 Å². The summed E-state index contributed by atoms with van der Waals surface area (Å²) >= 11 is 1.81. The van der Waals surface area contributed by atoms with E-state index in [9.17, 15) is 0 Å². The zero-order valence-electron chi connectivity index (χ0n) is 12.3. The molecule has 1 heterocycles. The SMILES string of the molecule is CNC1CCC(c2ccccc2)CC1Sc1ncccn1. The van der Waals surface area contributed by atoms with E-state index < -0.39 is 0 Å². The van der Waals surface area contributed by atoms with Gasteiger partial charge in [0.05, 0.1) is 0 Å². The van der Waals surface area contributed by atoms with Gasteiger partial charge in [-0.2, -0.15) is 0 Å². The van der Waals surface area contributed by atoms with E-state index in [1.165, 1.54) is 24.8 Å². The largest absolute Gasteiger partial charge is 0.316 e. The molecular weight excluding hydrogens is 278 g/mol. The molecule has 4 heteroatoms. The maximum atomic E-state index is 4.36. The summed E-state index contributed by atoms with van der Waals surface area (Å²) in [5.41, 5.74) is 1.46. The van der Waals surface area contributed by atoms with Crippen molar-refractivity contribution >= 4 is 11.8 Å². The monoisotopic (exact) mass is 299 g/mol. The highest BCUT2D eigenvalue weighted by atomic mass is 32.2. The van der Waals surface area contributed by atoms with Gasteiger partial charge in [-0.1, -0.05) is 42.1 Å². The molecule has 1 aromatic carbocycles. The van der Waals surface area contributed by atoms with Crippen molar-refractivity contribution in [1.82, 2.24) is 15.3 Å². The van der Waals surface area contributed by atoms with Gasteiger partial charge in [0, 0.05) is 23.7 Å². The number of nitrogens with one attached hydrogen (secondary N) is 1. The van der Waals surface area contributed by atoms with Gasteiger partial charge in [-0.25, -0.2) is 9.97 Å². The smallest absolute Gasteiger partial charge is 0.187 e. The number of rotatable bonds is 4. The van der Waals surface area contributed by atoms with Crippen LogP contribution < -0.4 is 5.32 Å². The van der Waals surface area contributed by atoms with Crippen molar-refractivity contribution in [3.8, 4) is 0 Å². The Balaban J connectivity index is 1.73. The lowest BCUT2D eigenvalue weighted by Gasteiger charge is -2.35. The van der Waals surface area contributed by atoms with Gasteiger partial charge in [0.2, 0.25) is 0 Å². The quantitative estimate of drug-likeness (QED) is 0.877. The minimum absolute atomic E-state index is 0.524. The molecule has 2 aromatic rings. The predicted octanol–water partition coefficient (Wildman–Crippen LogP) is 3.49. The van der Waals surface area contributed by atoms with Crippen molar-refractivity contribution in [2.45, 2.75) is 41.6 Å². The number of hydrogen-bond acceptors (Lipinski definition) is 4. The third-order valence-corrected chi connectivity index (χ3v) is 5.48. The molecule has 0 amide bonds. The summed E-state index contributed by atoms with van der Waals surface area (Å²) in [5.74, 6) is 0.650. The zero-order valence-corrected chi connectivity index (χ0v) is 13.1. The van der Waals surface area contributed by atoms with Crippen LogP contribution in [0.15, 0.2) is 53.9 Å². The molecule has 1 aliphatic carbocycles. The molecular formula is C17H21N3S. The number of hydrogen-bond donors (Lipinski definition) is 1. The van der Waals surface area contributed by atoms with Gasteiger partial charge < -0.3 is 5.32 Å². The maximum absolute atomic E-state index is 4.36. The molecule has 0 aliphatic heterocycles. The van der Waals surface area contributed by atoms with Crippen molar-refractivity contribution in [3.63, 3.8) is 0 Å². The standard InChI is InChI=1S/C17H21N3S/c1-18-15-9-8-14(13-6-3-2-4-7-13)12-16(15)21-17-19-10-5-11-20-17/h2-7,10-11,14-16,18H,8-9,12H2,1H3. The first-order valence-electron chi connectivity index (χ1n) is 7.52. The van der Waals surface area contributed by atoms with Crippen LogP contribution in [0.5, 0.6) is 0 Å². The van der Waals surface area contributed by atoms with Gasteiger partial charge in [0.1, 0.15) is 0 Å². The molecule has 110 valence electrons. The summed E-state index contributed by atoms with van der Waals surface area (Å²) in [6.45, 7) is 0. The van der Waals surface area contributed by atoms with Crippen LogP contribution >= 0.6 is 11.8 Å². The lowest BCUT2D eigenvalue weighted by Crippen LogP contribution is -2.40. The molecule has 0 spiro atoms. The van der Waals surface area contributed by atoms with Gasteiger partial charge in [-0.15, -0.1) is 0 Å². The van der Waals surface area contributed by atoms with Crippen molar-refractivity contribution in [2.75, 3.05) is 7.05 Å². The first-order valence-corrected chi connectivity index (χ1v) is 8.40. The molecule has 3 nitrogen and oxygen atoms in total. The number of thioether (sulfide) groups is 1. The Morgan fingerprint density at radius 3 is 2.52 bits per heavy atom. The van der Waals surface area contributed by atoms with Gasteiger partial charge in [0.25, 0.3) is 0 Å². The lowest BCUT2D eigenvalue weighted by molar-refractivity contribution is 0.369. The van der Waals surface area contributed by atoms with Gasteiger partial charge >= 0.3 is 0 Å².